The largest absolute Gasteiger partial charge is 0.461 e. The van der Waals surface area contributed by atoms with E-state index in [-0.39, 0.29) is 39.1 Å². The molecule has 3 heterocycles. The normalized spacial score (nSPS) is 10.9. The van der Waals surface area contributed by atoms with Gasteiger partial charge in [0.15, 0.2) is 21.1 Å². The van der Waals surface area contributed by atoms with Gasteiger partial charge in [-0.05, 0) is 27.7 Å². The summed E-state index contributed by atoms with van der Waals surface area (Å²) in [6.07, 6.45) is -0.681. The maximum Gasteiger partial charge on any atom is 0.413 e. The first kappa shape index (κ1) is 25.2. The first-order chi connectivity index (χ1) is 16.0. The van der Waals surface area contributed by atoms with E-state index >= 15 is 0 Å². The zero-order chi connectivity index (χ0) is 24.9. The molecule has 3 N–H and O–H groups in total. The highest BCUT2D eigenvalue weighted by Gasteiger charge is 2.20. The first-order valence-corrected chi connectivity index (χ1v) is 12.3. The Balaban J connectivity index is 1.56. The molecular formula is C19H20N6O6S3. The van der Waals surface area contributed by atoms with Crippen molar-refractivity contribution < 1.29 is 28.7 Å². The quantitative estimate of drug-likeness (QED) is 0.387. The molecule has 3 amide bonds. The van der Waals surface area contributed by atoms with E-state index in [9.17, 15) is 19.2 Å². The summed E-state index contributed by atoms with van der Waals surface area (Å²) in [6.45, 7) is 7.09. The Hall–Kier alpha value is -3.43. The molecule has 0 aliphatic rings. The van der Waals surface area contributed by atoms with E-state index in [1.54, 1.807) is 27.7 Å². The molecule has 0 unspecified atom stereocenters. The number of nitrogens with zero attached hydrogens (tertiary/aromatic N) is 3. The third-order valence-corrected chi connectivity index (χ3v) is 5.78. The second kappa shape index (κ2) is 10.7. The van der Waals surface area contributed by atoms with Crippen molar-refractivity contribution in [2.24, 2.45) is 0 Å². The Morgan fingerprint density at radius 2 is 1.24 bits per heavy atom. The van der Waals surface area contributed by atoms with Crippen LogP contribution in [-0.4, -0.2) is 51.0 Å². The highest BCUT2D eigenvalue weighted by Crippen LogP contribution is 2.22. The highest BCUT2D eigenvalue weighted by molar-refractivity contribution is 7.15. The summed E-state index contributed by atoms with van der Waals surface area (Å²) >= 11 is 3.17. The summed E-state index contributed by atoms with van der Waals surface area (Å²) in [5.41, 5.74) is -0.457. The molecule has 0 atom stereocenters. The van der Waals surface area contributed by atoms with Crippen molar-refractivity contribution in [3.63, 3.8) is 0 Å². The van der Waals surface area contributed by atoms with Gasteiger partial charge in [0.2, 0.25) is 0 Å². The van der Waals surface area contributed by atoms with Crippen molar-refractivity contribution in [2.45, 2.75) is 33.3 Å². The Morgan fingerprint density at radius 1 is 0.794 bits per heavy atom. The fourth-order valence-electron chi connectivity index (χ4n) is 2.21. The molecule has 0 bridgehead atoms. The van der Waals surface area contributed by atoms with Gasteiger partial charge in [-0.25, -0.2) is 24.5 Å². The molecule has 3 aromatic heterocycles. The van der Waals surface area contributed by atoms with Crippen LogP contribution in [0.2, 0.25) is 0 Å². The van der Waals surface area contributed by atoms with Crippen LogP contribution in [0.3, 0.4) is 0 Å². The summed E-state index contributed by atoms with van der Waals surface area (Å²) in [4.78, 5) is 60.5. The van der Waals surface area contributed by atoms with E-state index in [0.29, 0.717) is 0 Å². The van der Waals surface area contributed by atoms with Crippen molar-refractivity contribution in [2.75, 3.05) is 22.6 Å². The summed E-state index contributed by atoms with van der Waals surface area (Å²) in [5.74, 6) is -1.70. The van der Waals surface area contributed by atoms with Crippen LogP contribution >= 0.6 is 34.0 Å². The highest BCUT2D eigenvalue weighted by atomic mass is 32.1. The van der Waals surface area contributed by atoms with Gasteiger partial charge in [-0.15, -0.1) is 34.0 Å². The van der Waals surface area contributed by atoms with Crippen LogP contribution in [0, 0.1) is 0 Å². The summed E-state index contributed by atoms with van der Waals surface area (Å²) < 4.78 is 10.00. The number of carbonyl (C=O) groups excluding carboxylic acids is 4. The third-order valence-electron chi connectivity index (χ3n) is 3.51. The zero-order valence-electron chi connectivity index (χ0n) is 18.5. The number of amides is 3. The Labute approximate surface area is 205 Å². The fraction of sp³-hybridized carbons (Fsp3) is 0.316. The molecule has 34 heavy (non-hydrogen) atoms. The lowest BCUT2D eigenvalue weighted by Crippen LogP contribution is -2.27. The van der Waals surface area contributed by atoms with Crippen molar-refractivity contribution >= 4 is 73.3 Å². The van der Waals surface area contributed by atoms with Crippen LogP contribution in [0.25, 0.3) is 0 Å². The molecule has 0 fully saturated rings. The minimum absolute atomic E-state index is 0.0544. The number of hydrogen-bond acceptors (Lipinski definition) is 12. The maximum atomic E-state index is 12.4. The number of anilines is 3. The van der Waals surface area contributed by atoms with Gasteiger partial charge < -0.3 is 9.47 Å². The average Bonchev–Trinajstić information content (AvgIpc) is 3.47. The van der Waals surface area contributed by atoms with Crippen LogP contribution in [0.5, 0.6) is 0 Å². The Kier molecular flexibility index (Phi) is 7.90. The van der Waals surface area contributed by atoms with Gasteiger partial charge in [0, 0.05) is 16.1 Å². The Morgan fingerprint density at radius 3 is 1.71 bits per heavy atom. The van der Waals surface area contributed by atoms with E-state index in [1.807, 2.05) is 0 Å². The van der Waals surface area contributed by atoms with Gasteiger partial charge in [-0.1, -0.05) is 0 Å². The Bertz CT molecular complexity index is 1210. The molecule has 3 aromatic rings. The number of ether oxygens (including phenoxy) is 2. The van der Waals surface area contributed by atoms with Crippen LogP contribution in [0.15, 0.2) is 16.1 Å². The van der Waals surface area contributed by atoms with E-state index < -0.39 is 29.5 Å². The smallest absolute Gasteiger partial charge is 0.413 e. The molecule has 0 saturated carbocycles. The van der Waals surface area contributed by atoms with Gasteiger partial charge in [-0.2, -0.15) is 0 Å². The SMILES string of the molecule is CCOC(=O)c1csc(NC(=O)c2csc(NC(=O)c3csc(NC(=O)OC(C)(C)C)n3)n2)n1. The molecule has 0 saturated heterocycles. The summed E-state index contributed by atoms with van der Waals surface area (Å²) in [7, 11) is 0. The molecule has 0 radical (unpaired) electrons. The van der Waals surface area contributed by atoms with Crippen LogP contribution in [-0.2, 0) is 9.47 Å². The van der Waals surface area contributed by atoms with Gasteiger partial charge in [-0.3, -0.25) is 25.5 Å². The van der Waals surface area contributed by atoms with Crippen LogP contribution in [0.4, 0.5) is 20.2 Å². The number of thiazole rings is 3. The third kappa shape index (κ3) is 7.03. The van der Waals surface area contributed by atoms with E-state index in [2.05, 4.69) is 30.9 Å². The number of carbonyl (C=O) groups is 4. The monoisotopic (exact) mass is 524 g/mol. The molecular weight excluding hydrogens is 504 g/mol. The lowest BCUT2D eigenvalue weighted by Gasteiger charge is -2.18. The van der Waals surface area contributed by atoms with E-state index in [4.69, 9.17) is 9.47 Å². The molecule has 0 aliphatic carbocycles. The molecule has 12 nitrogen and oxygen atoms in total. The number of rotatable bonds is 7. The van der Waals surface area contributed by atoms with Gasteiger partial charge in [0.05, 0.1) is 6.61 Å². The lowest BCUT2D eigenvalue weighted by molar-refractivity contribution is 0.0519. The predicted molar refractivity (Wildman–Crippen MR) is 128 cm³/mol. The topological polar surface area (TPSA) is 162 Å². The molecule has 3 rings (SSSR count). The minimum Gasteiger partial charge on any atom is -0.461 e. The van der Waals surface area contributed by atoms with Crippen molar-refractivity contribution in [1.29, 1.82) is 0 Å². The van der Waals surface area contributed by atoms with Crippen molar-refractivity contribution in [3.8, 4) is 0 Å². The maximum absolute atomic E-state index is 12.4. The predicted octanol–water partition coefficient (Wildman–Crippen LogP) is 4.08. The van der Waals surface area contributed by atoms with Gasteiger partial charge >= 0.3 is 12.1 Å². The van der Waals surface area contributed by atoms with Gasteiger partial charge in [0.25, 0.3) is 11.8 Å². The fourth-order valence-corrected chi connectivity index (χ4v) is 4.25. The minimum atomic E-state index is -0.681. The van der Waals surface area contributed by atoms with E-state index in [0.717, 1.165) is 34.0 Å². The molecule has 0 spiro atoms. The van der Waals surface area contributed by atoms with Crippen molar-refractivity contribution in [3.05, 3.63) is 33.2 Å². The zero-order valence-corrected chi connectivity index (χ0v) is 20.9. The standard InChI is InChI=1S/C19H20N6O6S3/c1-5-30-14(28)11-8-34-16(22-11)24-12(26)9-6-32-15(20-9)23-13(27)10-7-33-17(21-10)25-18(29)31-19(2,3)4/h6-8H,5H2,1-4H3,(H,20,23,27)(H,21,25,29)(H,22,24,26). The number of hydrogen-bond donors (Lipinski definition) is 3. The van der Waals surface area contributed by atoms with Crippen LogP contribution in [0.1, 0.15) is 59.2 Å². The summed E-state index contributed by atoms with van der Waals surface area (Å²) in [6, 6.07) is 0. The van der Waals surface area contributed by atoms with Gasteiger partial charge in [0.1, 0.15) is 17.0 Å². The molecule has 15 heteroatoms. The second-order valence-corrected chi connectivity index (χ2v) is 9.94. The summed E-state index contributed by atoms with van der Waals surface area (Å²) in [5, 5.41) is 12.5. The van der Waals surface area contributed by atoms with E-state index in [1.165, 1.54) is 16.1 Å². The molecule has 0 aliphatic heterocycles. The number of aromatic nitrogens is 3. The number of nitrogens with one attached hydrogen (secondary N) is 3. The molecule has 0 aromatic carbocycles. The second-order valence-electron chi connectivity index (χ2n) is 7.37. The van der Waals surface area contributed by atoms with Crippen LogP contribution < -0.4 is 16.0 Å². The first-order valence-electron chi connectivity index (χ1n) is 9.70. The van der Waals surface area contributed by atoms with Crippen molar-refractivity contribution in [1.82, 2.24) is 15.0 Å². The average molecular weight is 525 g/mol. The lowest BCUT2D eigenvalue weighted by atomic mass is 10.2. The number of esters is 1. The molecule has 180 valence electrons.